The van der Waals surface area contributed by atoms with E-state index in [4.69, 9.17) is 9.31 Å². The second kappa shape index (κ2) is 3.75. The van der Waals surface area contributed by atoms with Crippen molar-refractivity contribution in [3.63, 3.8) is 0 Å². The van der Waals surface area contributed by atoms with Crippen molar-refractivity contribution in [2.75, 3.05) is 0 Å². The van der Waals surface area contributed by atoms with E-state index in [1.807, 2.05) is 0 Å². The first kappa shape index (κ1) is 13.8. The van der Waals surface area contributed by atoms with Gasteiger partial charge in [0, 0.05) is 5.31 Å². The highest BCUT2D eigenvalue weighted by Crippen LogP contribution is 2.80. The minimum absolute atomic E-state index is 0.0193. The third-order valence-electron chi connectivity index (χ3n) is 6.46. The van der Waals surface area contributed by atoms with Gasteiger partial charge in [0.25, 0.3) is 0 Å². The molecule has 1 heterocycles. The van der Waals surface area contributed by atoms with Crippen LogP contribution in [0.3, 0.4) is 0 Å². The van der Waals surface area contributed by atoms with Gasteiger partial charge in [0.2, 0.25) is 0 Å². The van der Waals surface area contributed by atoms with Gasteiger partial charge in [-0.15, -0.1) is 0 Å². The maximum absolute atomic E-state index is 6.29. The highest BCUT2D eigenvalue weighted by molar-refractivity contribution is 6.51. The molecule has 4 aliphatic rings. The number of benzene rings is 1. The predicted octanol–water partition coefficient (Wildman–Crippen LogP) is 4.26. The summed E-state index contributed by atoms with van der Waals surface area (Å²) in [5.74, 6) is 0. The van der Waals surface area contributed by atoms with Crippen LogP contribution in [0.4, 0.5) is 0 Å². The van der Waals surface area contributed by atoms with E-state index >= 15 is 0 Å². The molecule has 3 saturated carbocycles. The Bertz CT molecular complexity index is 569. The highest BCUT2D eigenvalue weighted by atomic mass is 16.7. The van der Waals surface area contributed by atoms with Crippen LogP contribution in [0.2, 0.25) is 5.31 Å². The lowest BCUT2D eigenvalue weighted by Gasteiger charge is -2.71. The molecule has 5 rings (SSSR count). The van der Waals surface area contributed by atoms with Crippen molar-refractivity contribution in [2.24, 2.45) is 0 Å². The molecule has 112 valence electrons. The molecule has 1 saturated heterocycles. The van der Waals surface area contributed by atoms with Crippen LogP contribution >= 0.6 is 0 Å². The molecule has 0 spiro atoms. The van der Waals surface area contributed by atoms with Gasteiger partial charge in [0.05, 0.1) is 11.2 Å². The molecule has 1 aromatic rings. The van der Waals surface area contributed by atoms with Gasteiger partial charge in [-0.1, -0.05) is 29.8 Å². The summed E-state index contributed by atoms with van der Waals surface area (Å²) in [5, 5.41) is 0.273. The maximum atomic E-state index is 6.29. The molecule has 3 heteroatoms. The van der Waals surface area contributed by atoms with E-state index in [1.165, 1.54) is 30.4 Å². The SMILES string of the molecule is Cc1cccc(C23CC(B4OC(C)(C)C(C)(C)O4)(C2)C3)c1. The summed E-state index contributed by atoms with van der Waals surface area (Å²) in [5.41, 5.74) is 2.88. The average molecular weight is 284 g/mol. The van der Waals surface area contributed by atoms with Crippen molar-refractivity contribution < 1.29 is 9.31 Å². The van der Waals surface area contributed by atoms with E-state index in [1.54, 1.807) is 0 Å². The van der Waals surface area contributed by atoms with Crippen LogP contribution in [-0.2, 0) is 14.7 Å². The van der Waals surface area contributed by atoms with Gasteiger partial charge in [-0.2, -0.15) is 0 Å². The monoisotopic (exact) mass is 284 g/mol. The van der Waals surface area contributed by atoms with Gasteiger partial charge >= 0.3 is 7.12 Å². The molecule has 4 fully saturated rings. The summed E-state index contributed by atoms with van der Waals surface area (Å²) in [6, 6.07) is 9.01. The van der Waals surface area contributed by atoms with Crippen molar-refractivity contribution >= 4 is 7.12 Å². The standard InChI is InChI=1S/C18H25BO2/c1-13-7-6-8-14(9-13)17-10-18(11-17,12-17)19-20-15(2,3)16(4,5)21-19/h6-9H,10-12H2,1-5H3. The molecule has 0 aromatic heterocycles. The Labute approximate surface area is 128 Å². The first-order valence-corrected chi connectivity index (χ1v) is 8.11. The largest absolute Gasteiger partial charge is 0.464 e. The van der Waals surface area contributed by atoms with E-state index in [9.17, 15) is 0 Å². The molecule has 21 heavy (non-hydrogen) atoms. The summed E-state index contributed by atoms with van der Waals surface area (Å²) >= 11 is 0. The van der Waals surface area contributed by atoms with Crippen LogP contribution < -0.4 is 0 Å². The fourth-order valence-electron chi connectivity index (χ4n) is 4.49. The summed E-state index contributed by atoms with van der Waals surface area (Å²) in [6.07, 6.45) is 3.67. The summed E-state index contributed by atoms with van der Waals surface area (Å²) < 4.78 is 12.6. The smallest absolute Gasteiger partial charge is 0.403 e. The topological polar surface area (TPSA) is 18.5 Å². The van der Waals surface area contributed by atoms with E-state index in [2.05, 4.69) is 58.9 Å². The summed E-state index contributed by atoms with van der Waals surface area (Å²) in [6.45, 7) is 10.8. The zero-order chi connectivity index (χ0) is 15.1. The highest BCUT2D eigenvalue weighted by Gasteiger charge is 2.76. The molecule has 2 nitrogen and oxygen atoms in total. The van der Waals surface area contributed by atoms with Crippen molar-refractivity contribution in [1.29, 1.82) is 0 Å². The van der Waals surface area contributed by atoms with Gasteiger partial charge in [-0.3, -0.25) is 0 Å². The third kappa shape index (κ3) is 1.68. The van der Waals surface area contributed by atoms with E-state index in [0.717, 1.165) is 0 Å². The van der Waals surface area contributed by atoms with Crippen molar-refractivity contribution in [3.05, 3.63) is 35.4 Å². The Morgan fingerprint density at radius 2 is 1.52 bits per heavy atom. The second-order valence-corrected chi connectivity index (χ2v) is 8.63. The molecule has 0 amide bonds. The van der Waals surface area contributed by atoms with Crippen LogP contribution in [0.1, 0.15) is 58.1 Å². The van der Waals surface area contributed by atoms with Crippen LogP contribution in [0, 0.1) is 6.92 Å². The Hall–Kier alpha value is -0.795. The van der Waals surface area contributed by atoms with E-state index in [-0.39, 0.29) is 23.6 Å². The Morgan fingerprint density at radius 3 is 2.05 bits per heavy atom. The molecule has 0 atom stereocenters. The molecule has 0 radical (unpaired) electrons. The minimum atomic E-state index is -0.205. The first-order valence-electron chi connectivity index (χ1n) is 8.11. The molecular formula is C18H25BO2. The normalized spacial score (nSPS) is 38.8. The van der Waals surface area contributed by atoms with Crippen LogP contribution in [0.25, 0.3) is 0 Å². The van der Waals surface area contributed by atoms with E-state index < -0.39 is 0 Å². The molecule has 1 aliphatic heterocycles. The molecular weight excluding hydrogens is 259 g/mol. The number of hydrogen-bond acceptors (Lipinski definition) is 2. The summed E-state index contributed by atoms with van der Waals surface area (Å²) in [7, 11) is -0.0193. The molecule has 1 aromatic carbocycles. The van der Waals surface area contributed by atoms with Crippen molar-refractivity contribution in [2.45, 2.75) is 75.8 Å². The lowest BCUT2D eigenvalue weighted by atomic mass is 9.23. The van der Waals surface area contributed by atoms with Gasteiger partial charge < -0.3 is 9.31 Å². The lowest BCUT2D eigenvalue weighted by Crippen LogP contribution is -2.66. The van der Waals surface area contributed by atoms with Crippen LogP contribution in [-0.4, -0.2) is 18.3 Å². The predicted molar refractivity (Wildman–Crippen MR) is 85.5 cm³/mol. The van der Waals surface area contributed by atoms with E-state index in [0.29, 0.717) is 5.41 Å². The third-order valence-corrected chi connectivity index (χ3v) is 6.46. The fourth-order valence-corrected chi connectivity index (χ4v) is 4.49. The maximum Gasteiger partial charge on any atom is 0.464 e. The van der Waals surface area contributed by atoms with Gasteiger partial charge in [0.15, 0.2) is 0 Å². The minimum Gasteiger partial charge on any atom is -0.403 e. The molecule has 2 bridgehead atoms. The lowest BCUT2D eigenvalue weighted by molar-refractivity contribution is -0.0383. The zero-order valence-corrected chi connectivity index (χ0v) is 13.8. The van der Waals surface area contributed by atoms with Crippen molar-refractivity contribution in [3.8, 4) is 0 Å². The van der Waals surface area contributed by atoms with Crippen molar-refractivity contribution in [1.82, 2.24) is 0 Å². The van der Waals surface area contributed by atoms with Gasteiger partial charge in [-0.05, 0) is 64.9 Å². The Kier molecular flexibility index (Phi) is 2.47. The fraction of sp³-hybridized carbons (Fsp3) is 0.667. The number of rotatable bonds is 2. The second-order valence-electron chi connectivity index (χ2n) is 8.63. The molecule has 0 unspecified atom stereocenters. The molecule has 3 aliphatic carbocycles. The quantitative estimate of drug-likeness (QED) is 0.755. The zero-order valence-electron chi connectivity index (χ0n) is 13.8. The summed E-state index contributed by atoms with van der Waals surface area (Å²) in [4.78, 5) is 0. The first-order chi connectivity index (χ1) is 9.68. The average Bonchev–Trinajstić information content (AvgIpc) is 2.44. The Balaban J connectivity index is 1.51. The van der Waals surface area contributed by atoms with Gasteiger partial charge in [0.1, 0.15) is 0 Å². The Morgan fingerprint density at radius 1 is 0.952 bits per heavy atom. The van der Waals surface area contributed by atoms with Gasteiger partial charge in [-0.25, -0.2) is 0 Å². The van der Waals surface area contributed by atoms with Crippen LogP contribution in [0.5, 0.6) is 0 Å². The van der Waals surface area contributed by atoms with Crippen LogP contribution in [0.15, 0.2) is 24.3 Å². The number of hydrogen-bond donors (Lipinski definition) is 0. The molecule has 0 N–H and O–H groups in total. The number of aryl methyl sites for hydroxylation is 1.